The van der Waals surface area contributed by atoms with Crippen LogP contribution in [-0.2, 0) is 4.79 Å². The average Bonchev–Trinajstić information content (AvgIpc) is 2.38. The summed E-state index contributed by atoms with van der Waals surface area (Å²) in [5, 5.41) is 18.8. The third kappa shape index (κ3) is 2.96. The van der Waals surface area contributed by atoms with Gasteiger partial charge in [-0.25, -0.2) is 0 Å². The van der Waals surface area contributed by atoms with E-state index < -0.39 is 6.10 Å². The number of phenols is 1. The highest BCUT2D eigenvalue weighted by molar-refractivity contribution is 6.07. The van der Waals surface area contributed by atoms with Crippen LogP contribution in [0.2, 0.25) is 0 Å². The fraction of sp³-hybridized carbons (Fsp3) is 0.133. The van der Waals surface area contributed by atoms with Gasteiger partial charge in [-0.15, -0.1) is 0 Å². The van der Waals surface area contributed by atoms with Gasteiger partial charge in [-0.2, -0.15) is 0 Å². The van der Waals surface area contributed by atoms with E-state index in [9.17, 15) is 9.90 Å². The average molecular weight is 242 g/mol. The van der Waals surface area contributed by atoms with E-state index in [-0.39, 0.29) is 11.5 Å². The van der Waals surface area contributed by atoms with Crippen LogP contribution in [0, 0.1) is 0 Å². The maximum atomic E-state index is 11.9. The van der Waals surface area contributed by atoms with Crippen LogP contribution in [0.15, 0.2) is 54.1 Å². The molecule has 1 unspecified atom stereocenters. The van der Waals surface area contributed by atoms with Gasteiger partial charge in [0.25, 0.3) is 0 Å². The van der Waals surface area contributed by atoms with Crippen LogP contribution >= 0.6 is 0 Å². The second-order valence-corrected chi connectivity index (χ2v) is 4.06. The Bertz CT molecular complexity index is 521. The van der Waals surface area contributed by atoms with Gasteiger partial charge in [0, 0.05) is 5.57 Å². The number of allylic oxidation sites excluding steroid dienone is 3. The van der Waals surface area contributed by atoms with Crippen molar-refractivity contribution in [1.29, 1.82) is 0 Å². The molecule has 2 rings (SSSR count). The van der Waals surface area contributed by atoms with Crippen molar-refractivity contribution in [3.05, 3.63) is 59.7 Å². The lowest BCUT2D eigenvalue weighted by Gasteiger charge is -2.11. The van der Waals surface area contributed by atoms with E-state index in [1.807, 2.05) is 6.08 Å². The van der Waals surface area contributed by atoms with Crippen molar-refractivity contribution in [2.24, 2.45) is 0 Å². The second kappa shape index (κ2) is 5.47. The summed E-state index contributed by atoms with van der Waals surface area (Å²) in [6.07, 6.45) is 8.12. The topological polar surface area (TPSA) is 57.5 Å². The molecule has 1 aromatic rings. The molecule has 1 aliphatic carbocycles. The Morgan fingerprint density at radius 3 is 2.67 bits per heavy atom. The maximum absolute atomic E-state index is 11.9. The van der Waals surface area contributed by atoms with Gasteiger partial charge >= 0.3 is 0 Å². The Morgan fingerprint density at radius 2 is 2.00 bits per heavy atom. The molecule has 3 nitrogen and oxygen atoms in total. The van der Waals surface area contributed by atoms with Gasteiger partial charge in [0.1, 0.15) is 11.9 Å². The summed E-state index contributed by atoms with van der Waals surface area (Å²) < 4.78 is 0. The van der Waals surface area contributed by atoms with Gasteiger partial charge in [0.15, 0.2) is 5.78 Å². The Morgan fingerprint density at radius 1 is 1.28 bits per heavy atom. The first-order valence-corrected chi connectivity index (χ1v) is 5.73. The van der Waals surface area contributed by atoms with Crippen LogP contribution in [-0.4, -0.2) is 22.1 Å². The number of hydrogen-bond donors (Lipinski definition) is 2. The summed E-state index contributed by atoms with van der Waals surface area (Å²) >= 11 is 0. The van der Waals surface area contributed by atoms with E-state index in [2.05, 4.69) is 0 Å². The number of phenolic OH excluding ortho intramolecular Hbond substituents is 1. The van der Waals surface area contributed by atoms with Gasteiger partial charge in [-0.3, -0.25) is 4.79 Å². The molecule has 92 valence electrons. The standard InChI is InChI=1S/C15H14O3/c16-12-8-5-11(6-9-12)7-10-15(18)13-3-1-2-4-14(13)17/h2-10,14,16-17H,1H2. The SMILES string of the molecule is O=C(C=Cc1ccc(O)cc1)C1=CCC=CC1O. The molecule has 2 N–H and O–H groups in total. The zero-order valence-electron chi connectivity index (χ0n) is 9.78. The number of hydrogen-bond acceptors (Lipinski definition) is 3. The van der Waals surface area contributed by atoms with E-state index in [0.29, 0.717) is 12.0 Å². The monoisotopic (exact) mass is 242 g/mol. The molecule has 1 aromatic carbocycles. The van der Waals surface area contributed by atoms with Crippen LogP contribution in [0.3, 0.4) is 0 Å². The van der Waals surface area contributed by atoms with Gasteiger partial charge in [-0.05, 0) is 30.2 Å². The third-order valence-corrected chi connectivity index (χ3v) is 2.72. The van der Waals surface area contributed by atoms with Gasteiger partial charge in [0.05, 0.1) is 0 Å². The largest absolute Gasteiger partial charge is 0.508 e. The van der Waals surface area contributed by atoms with Crippen molar-refractivity contribution >= 4 is 11.9 Å². The molecule has 0 heterocycles. The highest BCUT2D eigenvalue weighted by Crippen LogP contribution is 2.15. The molecule has 0 saturated carbocycles. The molecule has 0 fully saturated rings. The first-order valence-electron chi connectivity index (χ1n) is 5.73. The van der Waals surface area contributed by atoms with Crippen molar-refractivity contribution in [3.8, 4) is 5.75 Å². The fourth-order valence-corrected chi connectivity index (χ4v) is 1.73. The van der Waals surface area contributed by atoms with E-state index in [1.165, 1.54) is 6.08 Å². The number of aliphatic hydroxyl groups excluding tert-OH is 1. The van der Waals surface area contributed by atoms with E-state index in [1.54, 1.807) is 42.5 Å². The molecule has 1 atom stereocenters. The Hall–Kier alpha value is -2.13. The molecule has 0 aromatic heterocycles. The van der Waals surface area contributed by atoms with Crippen LogP contribution < -0.4 is 0 Å². The van der Waals surface area contributed by atoms with E-state index in [4.69, 9.17) is 5.11 Å². The van der Waals surface area contributed by atoms with Crippen molar-refractivity contribution in [2.75, 3.05) is 0 Å². The van der Waals surface area contributed by atoms with Crippen molar-refractivity contribution in [3.63, 3.8) is 0 Å². The normalized spacial score (nSPS) is 18.9. The molecule has 0 radical (unpaired) electrons. The molecule has 0 amide bonds. The van der Waals surface area contributed by atoms with Crippen LogP contribution in [0.5, 0.6) is 5.75 Å². The van der Waals surface area contributed by atoms with E-state index >= 15 is 0 Å². The number of benzene rings is 1. The van der Waals surface area contributed by atoms with Crippen molar-refractivity contribution < 1.29 is 15.0 Å². The molecular formula is C15H14O3. The van der Waals surface area contributed by atoms with Crippen LogP contribution in [0.1, 0.15) is 12.0 Å². The van der Waals surface area contributed by atoms with E-state index in [0.717, 1.165) is 5.56 Å². The zero-order valence-corrected chi connectivity index (χ0v) is 9.78. The Kier molecular flexibility index (Phi) is 3.75. The highest BCUT2D eigenvalue weighted by Gasteiger charge is 2.15. The summed E-state index contributed by atoms with van der Waals surface area (Å²) in [4.78, 5) is 11.9. The summed E-state index contributed by atoms with van der Waals surface area (Å²) in [5.41, 5.74) is 1.23. The minimum Gasteiger partial charge on any atom is -0.508 e. The second-order valence-electron chi connectivity index (χ2n) is 4.06. The lowest BCUT2D eigenvalue weighted by molar-refractivity contribution is -0.112. The lowest BCUT2D eigenvalue weighted by Crippen LogP contribution is -2.16. The molecule has 3 heteroatoms. The summed E-state index contributed by atoms with van der Waals surface area (Å²) in [5.74, 6) is -0.00560. The maximum Gasteiger partial charge on any atom is 0.184 e. The van der Waals surface area contributed by atoms with Crippen LogP contribution in [0.4, 0.5) is 0 Å². The minimum atomic E-state index is -0.810. The summed E-state index contributed by atoms with van der Waals surface area (Å²) in [6, 6.07) is 6.54. The molecule has 0 saturated heterocycles. The first kappa shape index (κ1) is 12.3. The molecule has 1 aliphatic rings. The first-order chi connectivity index (χ1) is 8.66. The smallest absolute Gasteiger partial charge is 0.184 e. The quantitative estimate of drug-likeness (QED) is 0.631. The van der Waals surface area contributed by atoms with Gasteiger partial charge in [0.2, 0.25) is 0 Å². The fourth-order valence-electron chi connectivity index (χ4n) is 1.73. The number of carbonyl (C=O) groups excluding carboxylic acids is 1. The van der Waals surface area contributed by atoms with Crippen molar-refractivity contribution in [1.82, 2.24) is 0 Å². The lowest BCUT2D eigenvalue weighted by atomic mass is 9.98. The van der Waals surface area contributed by atoms with Crippen molar-refractivity contribution in [2.45, 2.75) is 12.5 Å². The number of rotatable bonds is 3. The Labute approximate surface area is 105 Å². The molecule has 18 heavy (non-hydrogen) atoms. The number of ketones is 1. The minimum absolute atomic E-state index is 0.189. The highest BCUT2D eigenvalue weighted by atomic mass is 16.3. The Balaban J connectivity index is 2.07. The van der Waals surface area contributed by atoms with Gasteiger partial charge < -0.3 is 10.2 Å². The predicted octanol–water partition coefficient (Wildman–Crippen LogP) is 2.22. The number of carbonyl (C=O) groups is 1. The van der Waals surface area contributed by atoms with Gasteiger partial charge in [-0.1, -0.05) is 36.4 Å². The molecular weight excluding hydrogens is 228 g/mol. The summed E-state index contributed by atoms with van der Waals surface area (Å²) in [7, 11) is 0. The summed E-state index contributed by atoms with van der Waals surface area (Å²) in [6.45, 7) is 0. The van der Waals surface area contributed by atoms with Crippen LogP contribution in [0.25, 0.3) is 6.08 Å². The third-order valence-electron chi connectivity index (χ3n) is 2.72. The molecule has 0 spiro atoms. The molecule has 0 bridgehead atoms. The number of aliphatic hydroxyl groups is 1. The predicted molar refractivity (Wildman–Crippen MR) is 70.0 cm³/mol. The number of aromatic hydroxyl groups is 1. The zero-order chi connectivity index (χ0) is 13.0. The molecule has 0 aliphatic heterocycles.